The summed E-state index contributed by atoms with van der Waals surface area (Å²) in [6, 6.07) is 62.7. The molecule has 0 aromatic heterocycles. The summed E-state index contributed by atoms with van der Waals surface area (Å²) in [5.74, 6) is 0. The lowest BCUT2D eigenvalue weighted by atomic mass is 9.88. The van der Waals surface area contributed by atoms with E-state index < -0.39 is 0 Å². The van der Waals surface area contributed by atoms with Gasteiger partial charge in [-0.15, -0.1) is 0 Å². The van der Waals surface area contributed by atoms with Gasteiger partial charge < -0.3 is 4.90 Å². The van der Waals surface area contributed by atoms with Gasteiger partial charge in [0.05, 0.1) is 17.3 Å². The van der Waals surface area contributed by atoms with Gasteiger partial charge >= 0.3 is 0 Å². The summed E-state index contributed by atoms with van der Waals surface area (Å²) in [6.07, 6.45) is 0. The van der Waals surface area contributed by atoms with Crippen LogP contribution in [0.5, 0.6) is 0 Å². The topological polar surface area (TPSA) is 27.0 Å². The molecule has 0 atom stereocenters. The van der Waals surface area contributed by atoms with Crippen LogP contribution in [0.4, 0.5) is 17.1 Å². The van der Waals surface area contributed by atoms with Crippen molar-refractivity contribution in [2.24, 2.45) is 0 Å². The maximum Gasteiger partial charge on any atom is 0.0991 e. The molecule has 218 valence electrons. The van der Waals surface area contributed by atoms with Gasteiger partial charge in [-0.05, 0) is 127 Å². The highest BCUT2D eigenvalue weighted by molar-refractivity contribution is 6.25. The summed E-state index contributed by atoms with van der Waals surface area (Å²) in [7, 11) is 0. The van der Waals surface area contributed by atoms with Gasteiger partial charge in [-0.25, -0.2) is 0 Å². The molecule has 47 heavy (non-hydrogen) atoms. The molecule has 0 aliphatic heterocycles. The van der Waals surface area contributed by atoms with E-state index in [1.807, 2.05) is 30.3 Å². The molecular weight excluding hydrogens is 569 g/mol. The summed E-state index contributed by atoms with van der Waals surface area (Å²) in [5, 5.41) is 19.5. The molecule has 9 aromatic rings. The van der Waals surface area contributed by atoms with Crippen LogP contribution in [0.3, 0.4) is 0 Å². The molecule has 0 aliphatic carbocycles. The monoisotopic (exact) mass is 596 g/mol. The number of para-hydroxylation sites is 1. The minimum Gasteiger partial charge on any atom is -0.310 e. The lowest BCUT2D eigenvalue weighted by molar-refractivity contribution is 1.29. The first-order chi connectivity index (χ1) is 23.2. The molecule has 0 fully saturated rings. The number of rotatable bonds is 5. The number of nitriles is 1. The molecule has 0 unspecified atom stereocenters. The molecule has 9 aromatic carbocycles. The Morgan fingerprint density at radius 3 is 1.51 bits per heavy atom. The second-order valence-electron chi connectivity index (χ2n) is 12.1. The Kier molecular flexibility index (Phi) is 6.23. The average molecular weight is 597 g/mol. The maximum atomic E-state index is 9.43. The van der Waals surface area contributed by atoms with E-state index in [1.165, 1.54) is 60.0 Å². The number of benzene rings is 9. The molecule has 0 bridgehead atoms. The first kappa shape index (κ1) is 26.9. The fourth-order valence-corrected chi connectivity index (χ4v) is 7.21. The van der Waals surface area contributed by atoms with Crippen LogP contribution in [0, 0.1) is 11.3 Å². The predicted molar refractivity (Wildman–Crippen MR) is 198 cm³/mol. The van der Waals surface area contributed by atoms with E-state index in [2.05, 4.69) is 150 Å². The second kappa shape index (κ2) is 10.9. The third-order valence-corrected chi connectivity index (χ3v) is 9.36. The molecule has 9 rings (SSSR count). The van der Waals surface area contributed by atoms with Crippen LogP contribution in [0.15, 0.2) is 170 Å². The van der Waals surface area contributed by atoms with Crippen LogP contribution in [-0.2, 0) is 0 Å². The zero-order valence-electron chi connectivity index (χ0n) is 25.6. The van der Waals surface area contributed by atoms with E-state index in [9.17, 15) is 5.26 Å². The van der Waals surface area contributed by atoms with Crippen LogP contribution in [-0.4, -0.2) is 0 Å². The quantitative estimate of drug-likeness (QED) is 0.185. The van der Waals surface area contributed by atoms with Gasteiger partial charge in [0.15, 0.2) is 0 Å². The van der Waals surface area contributed by atoms with Crippen molar-refractivity contribution < 1.29 is 0 Å². The Morgan fingerprint density at radius 1 is 0.404 bits per heavy atom. The first-order valence-electron chi connectivity index (χ1n) is 15.9. The van der Waals surface area contributed by atoms with Crippen LogP contribution in [0.25, 0.3) is 65.3 Å². The third-order valence-electron chi connectivity index (χ3n) is 9.36. The Bertz CT molecular complexity index is 2550. The van der Waals surface area contributed by atoms with Crippen LogP contribution >= 0.6 is 0 Å². The van der Waals surface area contributed by atoms with Gasteiger partial charge in [0.1, 0.15) is 0 Å². The van der Waals surface area contributed by atoms with Crippen LogP contribution in [0.2, 0.25) is 0 Å². The predicted octanol–water partition coefficient (Wildman–Crippen LogP) is 12.4. The average Bonchev–Trinajstić information content (AvgIpc) is 3.14. The molecule has 2 nitrogen and oxygen atoms in total. The summed E-state index contributed by atoms with van der Waals surface area (Å²) >= 11 is 0. The van der Waals surface area contributed by atoms with E-state index in [0.717, 1.165) is 22.4 Å². The van der Waals surface area contributed by atoms with Crippen molar-refractivity contribution in [1.82, 2.24) is 0 Å². The van der Waals surface area contributed by atoms with E-state index >= 15 is 0 Å². The van der Waals surface area contributed by atoms with Gasteiger partial charge in [-0.3, -0.25) is 0 Å². The Hall–Kier alpha value is -6.43. The number of hydrogen-bond donors (Lipinski definition) is 0. The van der Waals surface area contributed by atoms with Crippen molar-refractivity contribution in [2.75, 3.05) is 4.90 Å². The van der Waals surface area contributed by atoms with E-state index in [-0.39, 0.29) is 0 Å². The van der Waals surface area contributed by atoms with Gasteiger partial charge in [0, 0.05) is 16.8 Å². The van der Waals surface area contributed by atoms with Gasteiger partial charge in [0.25, 0.3) is 0 Å². The molecule has 0 amide bonds. The van der Waals surface area contributed by atoms with E-state index in [1.54, 1.807) is 0 Å². The lowest BCUT2D eigenvalue weighted by Crippen LogP contribution is -2.10. The number of nitrogens with zero attached hydrogens (tertiary/aromatic N) is 2. The van der Waals surface area contributed by atoms with Gasteiger partial charge in [-0.2, -0.15) is 5.26 Å². The summed E-state index contributed by atoms with van der Waals surface area (Å²) in [6.45, 7) is 0. The SMILES string of the molecule is N#Cc1ccc(N(c2ccccc2)c2ccc(-c3cc4ccc5cc(-c6ccccc6)cc6ccc(c3)c4c56)c3ccccc23)cc1. The van der Waals surface area contributed by atoms with Crippen molar-refractivity contribution in [1.29, 1.82) is 5.26 Å². The number of fused-ring (bicyclic) bond motifs is 1. The molecule has 0 radical (unpaired) electrons. The third kappa shape index (κ3) is 4.49. The highest BCUT2D eigenvalue weighted by Gasteiger charge is 2.18. The number of anilines is 3. The van der Waals surface area contributed by atoms with Crippen molar-refractivity contribution in [3.8, 4) is 28.3 Å². The fourth-order valence-electron chi connectivity index (χ4n) is 7.21. The Balaban J connectivity index is 1.22. The summed E-state index contributed by atoms with van der Waals surface area (Å²) in [5.41, 5.74) is 8.69. The first-order valence-corrected chi connectivity index (χ1v) is 15.9. The van der Waals surface area contributed by atoms with Gasteiger partial charge in [-0.1, -0.05) is 103 Å². The standard InChI is InChI=1S/C45H28N2/c46-29-30-15-21-39(22-16-30)47(38-11-5-2-6-12-38)43-24-23-40(41-13-7-8-14-42(41)43)37-27-34-19-17-32-25-36(31-9-3-1-4-10-31)26-33-18-20-35(28-37)45(34)44(32)33/h1-28H. The molecular formula is C45H28N2. The fraction of sp³-hybridized carbons (Fsp3) is 0. The highest BCUT2D eigenvalue weighted by Crippen LogP contribution is 2.44. The van der Waals surface area contributed by atoms with Gasteiger partial charge in [0.2, 0.25) is 0 Å². The van der Waals surface area contributed by atoms with Crippen molar-refractivity contribution in [3.05, 3.63) is 175 Å². The molecule has 2 heteroatoms. The normalized spacial score (nSPS) is 11.4. The molecule has 0 aliphatic rings. The van der Waals surface area contributed by atoms with Crippen molar-refractivity contribution >= 4 is 60.2 Å². The molecule has 0 spiro atoms. The largest absolute Gasteiger partial charge is 0.310 e. The zero-order valence-corrected chi connectivity index (χ0v) is 25.6. The molecule has 0 saturated carbocycles. The smallest absolute Gasteiger partial charge is 0.0991 e. The lowest BCUT2D eigenvalue weighted by Gasteiger charge is -2.27. The van der Waals surface area contributed by atoms with Crippen molar-refractivity contribution in [2.45, 2.75) is 0 Å². The van der Waals surface area contributed by atoms with E-state index in [0.29, 0.717) is 5.56 Å². The number of hydrogen-bond acceptors (Lipinski definition) is 2. The Morgan fingerprint density at radius 2 is 0.915 bits per heavy atom. The molecule has 0 saturated heterocycles. The highest BCUT2D eigenvalue weighted by atomic mass is 15.1. The zero-order chi connectivity index (χ0) is 31.3. The molecule has 0 N–H and O–H groups in total. The van der Waals surface area contributed by atoms with E-state index in [4.69, 9.17) is 0 Å². The van der Waals surface area contributed by atoms with Crippen LogP contribution in [0.1, 0.15) is 5.56 Å². The Labute approximate surface area is 273 Å². The minimum atomic E-state index is 0.646. The van der Waals surface area contributed by atoms with Crippen LogP contribution < -0.4 is 4.90 Å². The van der Waals surface area contributed by atoms with Crippen molar-refractivity contribution in [3.63, 3.8) is 0 Å². The summed E-state index contributed by atoms with van der Waals surface area (Å²) in [4.78, 5) is 2.28. The maximum absolute atomic E-state index is 9.43. The minimum absolute atomic E-state index is 0.646. The summed E-state index contributed by atoms with van der Waals surface area (Å²) < 4.78 is 0. The second-order valence-corrected chi connectivity index (χ2v) is 12.1. The molecule has 0 heterocycles.